The molecule has 0 radical (unpaired) electrons. The van der Waals surface area contributed by atoms with Crippen LogP contribution in [0.25, 0.3) is 0 Å². The molecule has 0 spiro atoms. The van der Waals surface area contributed by atoms with Crippen molar-refractivity contribution < 1.29 is 0 Å². The number of benzene rings is 1. The van der Waals surface area contributed by atoms with E-state index in [1.54, 1.807) is 11.3 Å². The lowest BCUT2D eigenvalue weighted by molar-refractivity contribution is 1.19. The molecule has 0 aliphatic carbocycles. The Morgan fingerprint density at radius 1 is 1.33 bits per heavy atom. The van der Waals surface area contributed by atoms with E-state index in [1.807, 2.05) is 35.7 Å². The van der Waals surface area contributed by atoms with Crippen LogP contribution in [0, 0.1) is 0 Å². The standard InChI is InChI=1S/C11H11ClN2S/c12-8-4-11(15-7-8)6-14-10-3-1-2-9(13)5-10/h1-5,7,14H,6,13H2. The zero-order valence-electron chi connectivity index (χ0n) is 8.03. The van der Waals surface area contributed by atoms with Crippen molar-refractivity contribution in [2.45, 2.75) is 6.54 Å². The quantitative estimate of drug-likeness (QED) is 0.802. The molecule has 4 heteroatoms. The first-order chi connectivity index (χ1) is 7.24. The predicted molar refractivity (Wildman–Crippen MR) is 67.5 cm³/mol. The zero-order chi connectivity index (χ0) is 10.7. The first-order valence-electron chi connectivity index (χ1n) is 4.56. The number of nitrogens with one attached hydrogen (secondary N) is 1. The highest BCUT2D eigenvalue weighted by Gasteiger charge is 1.97. The van der Waals surface area contributed by atoms with Gasteiger partial charge in [-0.15, -0.1) is 11.3 Å². The third-order valence-electron chi connectivity index (χ3n) is 1.98. The van der Waals surface area contributed by atoms with Gasteiger partial charge in [-0.1, -0.05) is 17.7 Å². The summed E-state index contributed by atoms with van der Waals surface area (Å²) >= 11 is 7.48. The van der Waals surface area contributed by atoms with Crippen molar-refractivity contribution in [3.05, 3.63) is 45.6 Å². The van der Waals surface area contributed by atoms with Crippen molar-refractivity contribution in [3.63, 3.8) is 0 Å². The molecule has 0 atom stereocenters. The van der Waals surface area contributed by atoms with E-state index in [2.05, 4.69) is 5.32 Å². The van der Waals surface area contributed by atoms with E-state index in [0.717, 1.165) is 22.9 Å². The second-order valence-corrected chi connectivity index (χ2v) is 4.64. The molecule has 0 amide bonds. The van der Waals surface area contributed by atoms with Crippen LogP contribution in [0.3, 0.4) is 0 Å². The van der Waals surface area contributed by atoms with Gasteiger partial charge in [-0.05, 0) is 24.3 Å². The van der Waals surface area contributed by atoms with Gasteiger partial charge in [-0.25, -0.2) is 0 Å². The number of hydrogen-bond acceptors (Lipinski definition) is 3. The van der Waals surface area contributed by atoms with E-state index < -0.39 is 0 Å². The Morgan fingerprint density at radius 3 is 2.87 bits per heavy atom. The molecule has 2 nitrogen and oxygen atoms in total. The van der Waals surface area contributed by atoms with Gasteiger partial charge >= 0.3 is 0 Å². The van der Waals surface area contributed by atoms with Gasteiger partial charge in [-0.2, -0.15) is 0 Å². The van der Waals surface area contributed by atoms with Crippen molar-refractivity contribution in [2.75, 3.05) is 11.1 Å². The lowest BCUT2D eigenvalue weighted by Gasteiger charge is -2.04. The van der Waals surface area contributed by atoms with E-state index in [4.69, 9.17) is 17.3 Å². The van der Waals surface area contributed by atoms with Crippen molar-refractivity contribution in [1.82, 2.24) is 0 Å². The molecule has 0 aliphatic heterocycles. The minimum atomic E-state index is 0.768. The molecule has 0 aliphatic rings. The van der Waals surface area contributed by atoms with Gasteiger partial charge in [-0.3, -0.25) is 0 Å². The first kappa shape index (κ1) is 10.3. The summed E-state index contributed by atoms with van der Waals surface area (Å²) in [4.78, 5) is 1.21. The zero-order valence-corrected chi connectivity index (χ0v) is 9.61. The highest BCUT2D eigenvalue weighted by atomic mass is 35.5. The summed E-state index contributed by atoms with van der Waals surface area (Å²) in [5.41, 5.74) is 7.47. The highest BCUT2D eigenvalue weighted by molar-refractivity contribution is 7.10. The lowest BCUT2D eigenvalue weighted by Crippen LogP contribution is -1.97. The maximum Gasteiger partial charge on any atom is 0.0516 e. The number of rotatable bonds is 3. The molecule has 0 fully saturated rings. The Bertz CT molecular complexity index is 453. The fraction of sp³-hybridized carbons (Fsp3) is 0.0909. The minimum Gasteiger partial charge on any atom is -0.399 e. The van der Waals surface area contributed by atoms with Gasteiger partial charge in [0.05, 0.1) is 5.02 Å². The van der Waals surface area contributed by atoms with E-state index in [-0.39, 0.29) is 0 Å². The van der Waals surface area contributed by atoms with Gasteiger partial charge in [0.1, 0.15) is 0 Å². The van der Waals surface area contributed by atoms with Gasteiger partial charge in [0, 0.05) is 28.2 Å². The van der Waals surface area contributed by atoms with Gasteiger partial charge < -0.3 is 11.1 Å². The first-order valence-corrected chi connectivity index (χ1v) is 5.82. The van der Waals surface area contributed by atoms with Crippen LogP contribution >= 0.6 is 22.9 Å². The van der Waals surface area contributed by atoms with E-state index in [0.29, 0.717) is 0 Å². The highest BCUT2D eigenvalue weighted by Crippen LogP contribution is 2.20. The summed E-state index contributed by atoms with van der Waals surface area (Å²) in [6.07, 6.45) is 0. The maximum atomic E-state index is 5.83. The SMILES string of the molecule is Nc1cccc(NCc2cc(Cl)cs2)c1. The van der Waals surface area contributed by atoms with Crippen LogP contribution in [0.1, 0.15) is 4.88 Å². The maximum absolute atomic E-state index is 5.83. The largest absolute Gasteiger partial charge is 0.399 e. The summed E-state index contributed by atoms with van der Waals surface area (Å²) in [6.45, 7) is 0.779. The normalized spacial score (nSPS) is 10.2. The van der Waals surface area contributed by atoms with Crippen LogP contribution in [0.2, 0.25) is 5.02 Å². The van der Waals surface area contributed by atoms with Gasteiger partial charge in [0.25, 0.3) is 0 Å². The number of hydrogen-bond donors (Lipinski definition) is 2. The molecule has 0 unspecified atom stereocenters. The molecule has 1 aromatic carbocycles. The molecule has 1 heterocycles. The summed E-state index contributed by atoms with van der Waals surface area (Å²) in [5.74, 6) is 0. The summed E-state index contributed by atoms with van der Waals surface area (Å²) < 4.78 is 0. The lowest BCUT2D eigenvalue weighted by atomic mass is 10.3. The fourth-order valence-electron chi connectivity index (χ4n) is 1.28. The summed E-state index contributed by atoms with van der Waals surface area (Å²) in [5, 5.41) is 6.01. The Labute approximate surface area is 97.7 Å². The molecule has 2 rings (SSSR count). The molecule has 78 valence electrons. The second kappa shape index (κ2) is 4.55. The molecule has 0 saturated carbocycles. The molecule has 0 bridgehead atoms. The van der Waals surface area contributed by atoms with Crippen LogP contribution in [0.4, 0.5) is 11.4 Å². The average molecular weight is 239 g/mol. The van der Waals surface area contributed by atoms with Gasteiger partial charge in [0.15, 0.2) is 0 Å². The summed E-state index contributed by atoms with van der Waals surface area (Å²) in [6, 6.07) is 9.67. The second-order valence-electron chi connectivity index (χ2n) is 3.21. The predicted octanol–water partition coefficient (Wildman–Crippen LogP) is 3.60. The number of thiophene rings is 1. The average Bonchev–Trinajstić information content (AvgIpc) is 2.62. The minimum absolute atomic E-state index is 0.768. The van der Waals surface area contributed by atoms with Crippen LogP contribution in [-0.2, 0) is 6.54 Å². The number of anilines is 2. The molecule has 15 heavy (non-hydrogen) atoms. The fourth-order valence-corrected chi connectivity index (χ4v) is 2.30. The number of nitrogens with two attached hydrogens (primary N) is 1. The molecule has 0 saturated heterocycles. The number of halogens is 1. The topological polar surface area (TPSA) is 38.0 Å². The number of nitrogen functional groups attached to an aromatic ring is 1. The van der Waals surface area contributed by atoms with Crippen molar-refractivity contribution >= 4 is 34.3 Å². The molecule has 3 N–H and O–H groups in total. The van der Waals surface area contributed by atoms with E-state index >= 15 is 0 Å². The van der Waals surface area contributed by atoms with Crippen LogP contribution < -0.4 is 11.1 Å². The monoisotopic (exact) mass is 238 g/mol. The Hall–Kier alpha value is -1.19. The van der Waals surface area contributed by atoms with Crippen LogP contribution in [0.15, 0.2) is 35.7 Å². The third-order valence-corrected chi connectivity index (χ3v) is 3.26. The van der Waals surface area contributed by atoms with Crippen LogP contribution in [0.5, 0.6) is 0 Å². The summed E-state index contributed by atoms with van der Waals surface area (Å²) in [7, 11) is 0. The van der Waals surface area contributed by atoms with E-state index in [9.17, 15) is 0 Å². The Morgan fingerprint density at radius 2 is 2.20 bits per heavy atom. The van der Waals surface area contributed by atoms with Crippen molar-refractivity contribution in [2.24, 2.45) is 0 Å². The van der Waals surface area contributed by atoms with Crippen LogP contribution in [-0.4, -0.2) is 0 Å². The molecular weight excluding hydrogens is 228 g/mol. The Kier molecular flexibility index (Phi) is 3.14. The molecule has 2 aromatic rings. The molecule has 1 aromatic heterocycles. The van der Waals surface area contributed by atoms with Crippen molar-refractivity contribution in [1.29, 1.82) is 0 Å². The molecular formula is C11H11ClN2S. The Balaban J connectivity index is 1.99. The third kappa shape index (κ3) is 2.88. The smallest absolute Gasteiger partial charge is 0.0516 e. The van der Waals surface area contributed by atoms with Gasteiger partial charge in [0.2, 0.25) is 0 Å². The van der Waals surface area contributed by atoms with Crippen molar-refractivity contribution in [3.8, 4) is 0 Å². The van der Waals surface area contributed by atoms with E-state index in [1.165, 1.54) is 4.88 Å².